The lowest BCUT2D eigenvalue weighted by molar-refractivity contribution is -0.132. The van der Waals surface area contributed by atoms with Gasteiger partial charge in [0, 0.05) is 32.2 Å². The molecule has 0 aliphatic carbocycles. The van der Waals surface area contributed by atoms with E-state index in [4.69, 9.17) is 0 Å². The fraction of sp³-hybridized carbons (Fsp3) is 0.900. The van der Waals surface area contributed by atoms with E-state index in [1.165, 1.54) is 0 Å². The molecule has 1 aliphatic heterocycles. The number of piperazine rings is 1. The van der Waals surface area contributed by atoms with Crippen molar-refractivity contribution in [1.29, 1.82) is 0 Å². The predicted molar refractivity (Wildman–Crippen MR) is 61.7 cm³/mol. The van der Waals surface area contributed by atoms with Gasteiger partial charge in [0.2, 0.25) is 5.91 Å². The maximum atomic E-state index is 11.6. The highest BCUT2D eigenvalue weighted by Gasteiger charge is 2.24. The molecule has 0 radical (unpaired) electrons. The summed E-state index contributed by atoms with van der Waals surface area (Å²) in [6.45, 7) is 10.0. The molecule has 14 heavy (non-hydrogen) atoms. The molecule has 82 valence electrons. The Balaban J connectivity index is 2.39. The van der Waals surface area contributed by atoms with E-state index in [0.717, 1.165) is 26.2 Å². The zero-order chi connectivity index (χ0) is 10.7. The van der Waals surface area contributed by atoms with E-state index in [-0.39, 0.29) is 10.7 Å². The van der Waals surface area contributed by atoms with Crippen LogP contribution < -0.4 is 0 Å². The van der Waals surface area contributed by atoms with Crippen LogP contribution in [0.5, 0.6) is 0 Å². The molecule has 1 amide bonds. The van der Waals surface area contributed by atoms with Gasteiger partial charge >= 0.3 is 0 Å². The van der Waals surface area contributed by atoms with Crippen molar-refractivity contribution in [3.05, 3.63) is 0 Å². The molecule has 1 atom stereocenters. The van der Waals surface area contributed by atoms with E-state index in [9.17, 15) is 4.79 Å². The second kappa shape index (κ2) is 5.12. The molecule has 1 aliphatic rings. The number of halogens is 1. The average molecular weight is 263 g/mol. The predicted octanol–water partition coefficient (Wildman–Crippen LogP) is 1.32. The molecule has 4 heteroatoms. The van der Waals surface area contributed by atoms with Crippen molar-refractivity contribution in [3.8, 4) is 0 Å². The van der Waals surface area contributed by atoms with E-state index in [1.54, 1.807) is 0 Å². The molecule has 0 N–H and O–H groups in total. The molecule has 0 bridgehead atoms. The Bertz CT molecular complexity index is 198. The summed E-state index contributed by atoms with van der Waals surface area (Å²) in [4.78, 5) is 15.9. The lowest BCUT2D eigenvalue weighted by atomic mass is 10.2. The standard InChI is InChI=1S/C10H19BrN2O/c1-8(2)12-4-6-13(7-5-12)10(14)9(3)11/h8-9H,4-7H2,1-3H3. The largest absolute Gasteiger partial charge is 0.339 e. The van der Waals surface area contributed by atoms with Crippen molar-refractivity contribution in [1.82, 2.24) is 9.80 Å². The molecule has 1 heterocycles. The van der Waals surface area contributed by atoms with Crippen LogP contribution in [0.15, 0.2) is 0 Å². The Labute approximate surface area is 94.6 Å². The third-order valence-corrected chi connectivity index (χ3v) is 3.09. The van der Waals surface area contributed by atoms with Crippen LogP contribution in [0, 0.1) is 0 Å². The first-order valence-electron chi connectivity index (χ1n) is 5.19. The third-order valence-electron chi connectivity index (χ3n) is 2.70. The minimum absolute atomic E-state index is 0.0481. The molecule has 0 spiro atoms. The minimum atomic E-state index is -0.0481. The van der Waals surface area contributed by atoms with Gasteiger partial charge in [-0.3, -0.25) is 9.69 Å². The van der Waals surface area contributed by atoms with Crippen LogP contribution in [0.1, 0.15) is 20.8 Å². The Hall–Kier alpha value is -0.0900. The monoisotopic (exact) mass is 262 g/mol. The lowest BCUT2D eigenvalue weighted by Crippen LogP contribution is -2.52. The third kappa shape index (κ3) is 2.95. The quantitative estimate of drug-likeness (QED) is 0.701. The zero-order valence-corrected chi connectivity index (χ0v) is 10.7. The summed E-state index contributed by atoms with van der Waals surface area (Å²) >= 11 is 3.31. The summed E-state index contributed by atoms with van der Waals surface area (Å²) in [7, 11) is 0. The van der Waals surface area contributed by atoms with Gasteiger partial charge in [-0.1, -0.05) is 15.9 Å². The smallest absolute Gasteiger partial charge is 0.236 e. The number of nitrogens with zero attached hydrogens (tertiary/aromatic N) is 2. The van der Waals surface area contributed by atoms with E-state index in [1.807, 2.05) is 11.8 Å². The Morgan fingerprint density at radius 1 is 1.14 bits per heavy atom. The summed E-state index contributed by atoms with van der Waals surface area (Å²) in [6.07, 6.45) is 0. The van der Waals surface area contributed by atoms with E-state index in [0.29, 0.717) is 6.04 Å². The van der Waals surface area contributed by atoms with Crippen molar-refractivity contribution < 1.29 is 4.79 Å². The van der Waals surface area contributed by atoms with Gasteiger partial charge in [0.05, 0.1) is 4.83 Å². The summed E-state index contributed by atoms with van der Waals surface area (Å²) in [6, 6.07) is 0.591. The molecular weight excluding hydrogens is 244 g/mol. The first-order chi connectivity index (χ1) is 6.52. The SMILES string of the molecule is CC(Br)C(=O)N1CCN(C(C)C)CC1. The zero-order valence-electron chi connectivity index (χ0n) is 9.16. The maximum Gasteiger partial charge on any atom is 0.236 e. The Kier molecular flexibility index (Phi) is 4.38. The summed E-state index contributed by atoms with van der Waals surface area (Å²) in [5.41, 5.74) is 0. The molecule has 0 aromatic rings. The molecule has 0 saturated carbocycles. The molecule has 3 nitrogen and oxygen atoms in total. The molecule has 0 aromatic carbocycles. The van der Waals surface area contributed by atoms with Gasteiger partial charge in [-0.25, -0.2) is 0 Å². The van der Waals surface area contributed by atoms with Crippen molar-refractivity contribution >= 4 is 21.8 Å². The number of hydrogen-bond donors (Lipinski definition) is 0. The topological polar surface area (TPSA) is 23.6 Å². The lowest BCUT2D eigenvalue weighted by Gasteiger charge is -2.37. The molecule has 1 fully saturated rings. The number of amides is 1. The van der Waals surface area contributed by atoms with Crippen LogP contribution in [-0.2, 0) is 4.79 Å². The minimum Gasteiger partial charge on any atom is -0.339 e. The second-order valence-corrected chi connectivity index (χ2v) is 5.44. The van der Waals surface area contributed by atoms with E-state index >= 15 is 0 Å². The van der Waals surface area contributed by atoms with Crippen molar-refractivity contribution in [2.75, 3.05) is 26.2 Å². The molecular formula is C10H19BrN2O. The van der Waals surface area contributed by atoms with Crippen molar-refractivity contribution in [2.45, 2.75) is 31.6 Å². The first-order valence-corrected chi connectivity index (χ1v) is 6.11. The molecule has 0 aromatic heterocycles. The van der Waals surface area contributed by atoms with Gasteiger partial charge in [0.15, 0.2) is 0 Å². The molecule has 1 rings (SSSR count). The maximum absolute atomic E-state index is 11.6. The van der Waals surface area contributed by atoms with Crippen molar-refractivity contribution in [2.24, 2.45) is 0 Å². The first kappa shape index (κ1) is 12.0. The van der Waals surface area contributed by atoms with Crippen LogP contribution >= 0.6 is 15.9 Å². The van der Waals surface area contributed by atoms with Gasteiger partial charge in [-0.2, -0.15) is 0 Å². The summed E-state index contributed by atoms with van der Waals surface area (Å²) in [5, 5.41) is 0. The van der Waals surface area contributed by atoms with Gasteiger partial charge in [-0.05, 0) is 20.8 Å². The van der Waals surface area contributed by atoms with E-state index < -0.39 is 0 Å². The van der Waals surface area contributed by atoms with Gasteiger partial charge in [0.25, 0.3) is 0 Å². The van der Waals surface area contributed by atoms with Gasteiger partial charge in [0.1, 0.15) is 0 Å². The number of hydrogen-bond acceptors (Lipinski definition) is 2. The van der Waals surface area contributed by atoms with Gasteiger partial charge in [-0.15, -0.1) is 0 Å². The second-order valence-electron chi connectivity index (χ2n) is 4.07. The summed E-state index contributed by atoms with van der Waals surface area (Å²) < 4.78 is 0. The van der Waals surface area contributed by atoms with Crippen LogP contribution in [0.25, 0.3) is 0 Å². The Morgan fingerprint density at radius 3 is 2.00 bits per heavy atom. The normalized spacial score (nSPS) is 21.4. The van der Waals surface area contributed by atoms with Crippen molar-refractivity contribution in [3.63, 3.8) is 0 Å². The number of alkyl halides is 1. The number of carbonyl (C=O) groups excluding carboxylic acids is 1. The van der Waals surface area contributed by atoms with Crippen LogP contribution in [0.4, 0.5) is 0 Å². The number of rotatable bonds is 2. The number of carbonyl (C=O) groups is 1. The Morgan fingerprint density at radius 2 is 1.64 bits per heavy atom. The highest BCUT2D eigenvalue weighted by Crippen LogP contribution is 2.09. The fourth-order valence-corrected chi connectivity index (χ4v) is 2.00. The summed E-state index contributed by atoms with van der Waals surface area (Å²) in [5.74, 6) is 0.216. The fourth-order valence-electron chi connectivity index (χ4n) is 1.71. The van der Waals surface area contributed by atoms with E-state index in [2.05, 4.69) is 34.7 Å². The van der Waals surface area contributed by atoms with Gasteiger partial charge < -0.3 is 4.90 Å². The molecule has 1 unspecified atom stereocenters. The van der Waals surface area contributed by atoms with Crippen LogP contribution in [0.3, 0.4) is 0 Å². The highest BCUT2D eigenvalue weighted by atomic mass is 79.9. The molecule has 1 saturated heterocycles. The van der Waals surface area contributed by atoms with Crippen LogP contribution in [-0.4, -0.2) is 52.8 Å². The van der Waals surface area contributed by atoms with Crippen LogP contribution in [0.2, 0.25) is 0 Å². The average Bonchev–Trinajstić information content (AvgIpc) is 2.16. The highest BCUT2D eigenvalue weighted by molar-refractivity contribution is 9.10.